The predicted molar refractivity (Wildman–Crippen MR) is 71.2 cm³/mol. The molecule has 18 heavy (non-hydrogen) atoms. The molecule has 5 nitrogen and oxygen atoms in total. The van der Waals surface area contributed by atoms with Crippen molar-refractivity contribution in [3.8, 4) is 0 Å². The minimum Gasteiger partial charge on any atom is -0.468 e. The Morgan fingerprint density at radius 1 is 1.17 bits per heavy atom. The summed E-state index contributed by atoms with van der Waals surface area (Å²) in [6, 6.07) is -0.239. The molecule has 0 rings (SSSR count). The number of nitrogens with one attached hydrogen (secondary N) is 2. The van der Waals surface area contributed by atoms with Crippen LogP contribution < -0.4 is 10.6 Å². The molecule has 1 atom stereocenters. The molecule has 0 aromatic heterocycles. The molecule has 0 spiro atoms. The molecule has 0 aromatic rings. The van der Waals surface area contributed by atoms with Gasteiger partial charge in [0.1, 0.15) is 6.04 Å². The summed E-state index contributed by atoms with van der Waals surface area (Å²) in [5.74, 6) is -0.336. The number of rotatable bonds is 8. The van der Waals surface area contributed by atoms with Crippen LogP contribution in [0.2, 0.25) is 0 Å². The second-order valence-corrected chi connectivity index (χ2v) is 4.71. The predicted octanol–water partition coefficient (Wildman–Crippen LogP) is 1.08. The third kappa shape index (κ3) is 6.00. The van der Waals surface area contributed by atoms with E-state index in [1.807, 2.05) is 27.7 Å². The molecular weight excluding hydrogens is 232 g/mol. The van der Waals surface area contributed by atoms with Gasteiger partial charge in [0.05, 0.1) is 13.7 Å². The fourth-order valence-electron chi connectivity index (χ4n) is 1.69. The monoisotopic (exact) mass is 258 g/mol. The molecule has 0 aliphatic carbocycles. The lowest BCUT2D eigenvalue weighted by atomic mass is 10.0. The van der Waals surface area contributed by atoms with Crippen molar-refractivity contribution >= 4 is 11.9 Å². The smallest absolute Gasteiger partial charge is 0.323 e. The van der Waals surface area contributed by atoms with Gasteiger partial charge in [-0.15, -0.1) is 0 Å². The highest BCUT2D eigenvalue weighted by Crippen LogP contribution is 2.03. The van der Waals surface area contributed by atoms with Crippen LogP contribution in [0.1, 0.15) is 40.5 Å². The standard InChI is InChI=1S/C13H26N2O3/c1-6-10(7-2)15-11(16)8-14-12(9(3)4)13(17)18-5/h9-10,12,14H,6-8H2,1-5H3,(H,15,16). The fourth-order valence-corrected chi connectivity index (χ4v) is 1.69. The van der Waals surface area contributed by atoms with Crippen molar-refractivity contribution in [3.63, 3.8) is 0 Å². The Kier molecular flexibility index (Phi) is 8.37. The molecule has 0 aromatic carbocycles. The van der Waals surface area contributed by atoms with Crippen LogP contribution in [0.15, 0.2) is 0 Å². The highest BCUT2D eigenvalue weighted by Gasteiger charge is 2.23. The van der Waals surface area contributed by atoms with E-state index in [1.165, 1.54) is 7.11 Å². The van der Waals surface area contributed by atoms with Crippen molar-refractivity contribution in [1.82, 2.24) is 10.6 Å². The number of ether oxygens (including phenoxy) is 1. The van der Waals surface area contributed by atoms with Crippen molar-refractivity contribution in [2.45, 2.75) is 52.6 Å². The molecule has 2 N–H and O–H groups in total. The van der Waals surface area contributed by atoms with Crippen molar-refractivity contribution in [1.29, 1.82) is 0 Å². The molecule has 0 fully saturated rings. The second kappa shape index (κ2) is 8.91. The molecule has 0 aliphatic rings. The van der Waals surface area contributed by atoms with E-state index in [0.717, 1.165) is 12.8 Å². The Labute approximate surface area is 110 Å². The maximum atomic E-state index is 11.7. The molecule has 1 unspecified atom stereocenters. The Morgan fingerprint density at radius 3 is 2.11 bits per heavy atom. The number of esters is 1. The van der Waals surface area contributed by atoms with Crippen LogP contribution in [-0.2, 0) is 14.3 Å². The molecule has 0 radical (unpaired) electrons. The van der Waals surface area contributed by atoms with Gasteiger partial charge in [0.15, 0.2) is 0 Å². The average molecular weight is 258 g/mol. The van der Waals surface area contributed by atoms with Gasteiger partial charge in [0, 0.05) is 6.04 Å². The van der Waals surface area contributed by atoms with E-state index in [0.29, 0.717) is 0 Å². The lowest BCUT2D eigenvalue weighted by molar-refractivity contribution is -0.144. The van der Waals surface area contributed by atoms with Gasteiger partial charge in [-0.2, -0.15) is 0 Å². The SMILES string of the molecule is CCC(CC)NC(=O)CNC(C(=O)OC)C(C)C. The molecule has 0 saturated carbocycles. The summed E-state index contributed by atoms with van der Waals surface area (Å²) in [6.45, 7) is 8.02. The first-order valence-corrected chi connectivity index (χ1v) is 6.56. The zero-order valence-electron chi connectivity index (χ0n) is 12.1. The maximum Gasteiger partial charge on any atom is 0.323 e. The minimum atomic E-state index is -0.442. The van der Waals surface area contributed by atoms with E-state index >= 15 is 0 Å². The summed E-state index contributed by atoms with van der Waals surface area (Å²) in [4.78, 5) is 23.2. The Hall–Kier alpha value is -1.10. The zero-order chi connectivity index (χ0) is 14.1. The Morgan fingerprint density at radius 2 is 1.72 bits per heavy atom. The fraction of sp³-hybridized carbons (Fsp3) is 0.846. The van der Waals surface area contributed by atoms with Crippen LogP contribution in [0.25, 0.3) is 0 Å². The van der Waals surface area contributed by atoms with Crippen LogP contribution in [0.4, 0.5) is 0 Å². The lowest BCUT2D eigenvalue weighted by Crippen LogP contribution is -2.47. The van der Waals surface area contributed by atoms with Crippen LogP contribution >= 0.6 is 0 Å². The van der Waals surface area contributed by atoms with Crippen molar-refractivity contribution < 1.29 is 14.3 Å². The molecule has 1 amide bonds. The van der Waals surface area contributed by atoms with Gasteiger partial charge >= 0.3 is 5.97 Å². The van der Waals surface area contributed by atoms with Gasteiger partial charge in [-0.3, -0.25) is 14.9 Å². The second-order valence-electron chi connectivity index (χ2n) is 4.71. The maximum absolute atomic E-state index is 11.7. The van der Waals surface area contributed by atoms with E-state index in [4.69, 9.17) is 4.74 Å². The first kappa shape index (κ1) is 16.9. The van der Waals surface area contributed by atoms with Crippen molar-refractivity contribution in [2.75, 3.05) is 13.7 Å². The minimum absolute atomic E-state index is 0.0818. The summed E-state index contributed by atoms with van der Waals surface area (Å²) in [5.41, 5.74) is 0. The summed E-state index contributed by atoms with van der Waals surface area (Å²) < 4.78 is 4.70. The lowest BCUT2D eigenvalue weighted by Gasteiger charge is -2.20. The van der Waals surface area contributed by atoms with Crippen LogP contribution in [0.5, 0.6) is 0 Å². The Balaban J connectivity index is 4.19. The average Bonchev–Trinajstić information content (AvgIpc) is 2.35. The van der Waals surface area contributed by atoms with Crippen molar-refractivity contribution in [2.24, 2.45) is 5.92 Å². The number of amides is 1. The number of carbonyl (C=O) groups excluding carboxylic acids is 2. The number of methoxy groups -OCH3 is 1. The summed E-state index contributed by atoms with van der Waals surface area (Å²) >= 11 is 0. The van der Waals surface area contributed by atoms with Gasteiger partial charge < -0.3 is 10.1 Å². The molecular formula is C13H26N2O3. The van der Waals surface area contributed by atoms with E-state index in [9.17, 15) is 9.59 Å². The van der Waals surface area contributed by atoms with Gasteiger partial charge in [0.2, 0.25) is 5.91 Å². The highest BCUT2D eigenvalue weighted by molar-refractivity contribution is 5.80. The third-order valence-corrected chi connectivity index (χ3v) is 2.96. The van der Waals surface area contributed by atoms with Gasteiger partial charge in [-0.25, -0.2) is 0 Å². The Bertz CT molecular complexity index is 263. The molecule has 0 bridgehead atoms. The summed E-state index contributed by atoms with van der Waals surface area (Å²) in [6.07, 6.45) is 1.82. The van der Waals surface area contributed by atoms with E-state index in [1.54, 1.807) is 0 Å². The van der Waals surface area contributed by atoms with Crippen molar-refractivity contribution in [3.05, 3.63) is 0 Å². The molecule has 5 heteroatoms. The molecule has 0 aliphatic heterocycles. The van der Waals surface area contributed by atoms with Crippen LogP contribution in [-0.4, -0.2) is 37.6 Å². The molecule has 106 valence electrons. The molecule has 0 saturated heterocycles. The normalized spacial score (nSPS) is 12.6. The first-order valence-electron chi connectivity index (χ1n) is 6.56. The van der Waals surface area contributed by atoms with E-state index < -0.39 is 6.04 Å². The highest BCUT2D eigenvalue weighted by atomic mass is 16.5. The zero-order valence-corrected chi connectivity index (χ0v) is 12.1. The van der Waals surface area contributed by atoms with E-state index in [2.05, 4.69) is 10.6 Å². The van der Waals surface area contributed by atoms with Crippen LogP contribution in [0.3, 0.4) is 0 Å². The number of carbonyl (C=O) groups is 2. The first-order chi connectivity index (χ1) is 8.46. The summed E-state index contributed by atoms with van der Waals surface area (Å²) in [5, 5.41) is 5.85. The van der Waals surface area contributed by atoms with E-state index in [-0.39, 0.29) is 30.4 Å². The van der Waals surface area contributed by atoms with Gasteiger partial charge in [0.25, 0.3) is 0 Å². The molecule has 0 heterocycles. The largest absolute Gasteiger partial charge is 0.468 e. The van der Waals surface area contributed by atoms with Crippen LogP contribution in [0, 0.1) is 5.92 Å². The van der Waals surface area contributed by atoms with Gasteiger partial charge in [-0.05, 0) is 18.8 Å². The third-order valence-electron chi connectivity index (χ3n) is 2.96. The number of hydrogen-bond donors (Lipinski definition) is 2. The quantitative estimate of drug-likeness (QED) is 0.639. The van der Waals surface area contributed by atoms with Gasteiger partial charge in [-0.1, -0.05) is 27.7 Å². The number of hydrogen-bond acceptors (Lipinski definition) is 4. The topological polar surface area (TPSA) is 67.4 Å². The summed E-state index contributed by atoms with van der Waals surface area (Å²) in [7, 11) is 1.35.